The molecule has 0 bridgehead atoms. The smallest absolute Gasteiger partial charge is 0.0726 e. The average Bonchev–Trinajstić information content (AvgIpc) is 2.31. The van der Waals surface area contributed by atoms with Gasteiger partial charge in [0.15, 0.2) is 0 Å². The summed E-state index contributed by atoms with van der Waals surface area (Å²) in [5, 5.41) is 0. The van der Waals surface area contributed by atoms with Gasteiger partial charge in [-0.1, -0.05) is 19.3 Å². The Morgan fingerprint density at radius 3 is 2.64 bits per heavy atom. The predicted octanol–water partition coefficient (Wildman–Crippen LogP) is 1.22. The number of ether oxygens (including phenoxy) is 1. The lowest BCUT2D eigenvalue weighted by atomic mass is 10.1. The van der Waals surface area contributed by atoms with Crippen molar-refractivity contribution in [2.45, 2.75) is 44.2 Å². The molecule has 1 saturated carbocycles. The Bertz CT molecular complexity index is 150. The molecule has 0 heterocycles. The van der Waals surface area contributed by atoms with E-state index in [4.69, 9.17) is 10.5 Å². The molecule has 0 aromatic heterocycles. The molecule has 3 heteroatoms. The summed E-state index contributed by atoms with van der Waals surface area (Å²) in [6.45, 7) is 1.80. The summed E-state index contributed by atoms with van der Waals surface area (Å²) >= 11 is 0. The molecule has 14 heavy (non-hydrogen) atoms. The van der Waals surface area contributed by atoms with Crippen LogP contribution in [0.4, 0.5) is 0 Å². The highest BCUT2D eigenvalue weighted by Gasteiger charge is 2.20. The lowest BCUT2D eigenvalue weighted by Crippen LogP contribution is -2.37. The van der Waals surface area contributed by atoms with Gasteiger partial charge < -0.3 is 15.4 Å². The number of likely N-dealkylation sites (N-methyl/N-ethyl adjacent to an activating group) is 1. The van der Waals surface area contributed by atoms with Crippen molar-refractivity contribution >= 4 is 0 Å². The van der Waals surface area contributed by atoms with Crippen LogP contribution in [-0.2, 0) is 4.74 Å². The summed E-state index contributed by atoms with van der Waals surface area (Å²) in [6, 6.07) is 0.264. The second-order valence-electron chi connectivity index (χ2n) is 4.51. The fraction of sp³-hybridized carbons (Fsp3) is 1.00. The zero-order valence-corrected chi connectivity index (χ0v) is 9.54. The normalized spacial score (nSPS) is 29.1. The van der Waals surface area contributed by atoms with E-state index in [1.165, 1.54) is 19.3 Å². The van der Waals surface area contributed by atoms with E-state index in [1.807, 2.05) is 0 Å². The largest absolute Gasteiger partial charge is 0.375 e. The number of rotatable bonds is 4. The third-order valence-corrected chi connectivity index (χ3v) is 2.87. The zero-order valence-electron chi connectivity index (χ0n) is 9.54. The molecule has 1 rings (SSSR count). The Labute approximate surface area is 87.6 Å². The second-order valence-corrected chi connectivity index (χ2v) is 4.51. The molecular formula is C11H24N2O. The number of nitrogens with zero attached hydrogens (tertiary/aromatic N) is 1. The lowest BCUT2D eigenvalue weighted by Gasteiger charge is -2.22. The van der Waals surface area contributed by atoms with Crippen LogP contribution in [-0.4, -0.2) is 44.3 Å². The highest BCUT2D eigenvalue weighted by molar-refractivity contribution is 4.76. The van der Waals surface area contributed by atoms with E-state index in [1.54, 1.807) is 0 Å². The first-order valence-corrected chi connectivity index (χ1v) is 5.72. The fourth-order valence-electron chi connectivity index (χ4n) is 1.90. The SMILES string of the molecule is CN(C)CCOC1CCCCCC1N. The van der Waals surface area contributed by atoms with E-state index in [-0.39, 0.29) is 6.04 Å². The van der Waals surface area contributed by atoms with Crippen LogP contribution >= 0.6 is 0 Å². The zero-order chi connectivity index (χ0) is 10.4. The molecule has 0 amide bonds. The maximum absolute atomic E-state index is 6.06. The maximum Gasteiger partial charge on any atom is 0.0726 e. The van der Waals surface area contributed by atoms with Gasteiger partial charge in [0.2, 0.25) is 0 Å². The van der Waals surface area contributed by atoms with Gasteiger partial charge in [-0.05, 0) is 26.9 Å². The van der Waals surface area contributed by atoms with Crippen molar-refractivity contribution in [3.63, 3.8) is 0 Å². The summed E-state index contributed by atoms with van der Waals surface area (Å²) in [5.74, 6) is 0. The monoisotopic (exact) mass is 200 g/mol. The van der Waals surface area contributed by atoms with Gasteiger partial charge in [0, 0.05) is 12.6 Å². The molecule has 84 valence electrons. The molecule has 3 nitrogen and oxygen atoms in total. The Kier molecular flexibility index (Phi) is 5.45. The molecule has 0 radical (unpaired) electrons. The highest BCUT2D eigenvalue weighted by Crippen LogP contribution is 2.18. The Hall–Kier alpha value is -0.120. The van der Waals surface area contributed by atoms with Gasteiger partial charge in [0.1, 0.15) is 0 Å². The third-order valence-electron chi connectivity index (χ3n) is 2.87. The van der Waals surface area contributed by atoms with E-state index >= 15 is 0 Å². The summed E-state index contributed by atoms with van der Waals surface area (Å²) in [4.78, 5) is 2.14. The Balaban J connectivity index is 2.19. The summed E-state index contributed by atoms with van der Waals surface area (Å²) in [7, 11) is 4.13. The Morgan fingerprint density at radius 1 is 1.21 bits per heavy atom. The van der Waals surface area contributed by atoms with Gasteiger partial charge in [-0.2, -0.15) is 0 Å². The highest BCUT2D eigenvalue weighted by atomic mass is 16.5. The van der Waals surface area contributed by atoms with E-state index in [2.05, 4.69) is 19.0 Å². The van der Waals surface area contributed by atoms with Crippen molar-refractivity contribution in [3.8, 4) is 0 Å². The van der Waals surface area contributed by atoms with Gasteiger partial charge >= 0.3 is 0 Å². The first-order chi connectivity index (χ1) is 6.70. The van der Waals surface area contributed by atoms with Crippen LogP contribution in [0.5, 0.6) is 0 Å². The van der Waals surface area contributed by atoms with Crippen molar-refractivity contribution < 1.29 is 4.74 Å². The van der Waals surface area contributed by atoms with E-state index in [0.717, 1.165) is 26.0 Å². The van der Waals surface area contributed by atoms with Crippen LogP contribution in [0.25, 0.3) is 0 Å². The van der Waals surface area contributed by atoms with Crippen molar-refractivity contribution in [2.75, 3.05) is 27.2 Å². The first-order valence-electron chi connectivity index (χ1n) is 5.72. The minimum atomic E-state index is 0.264. The van der Waals surface area contributed by atoms with Gasteiger partial charge in [-0.3, -0.25) is 0 Å². The molecule has 0 aromatic rings. The second kappa shape index (κ2) is 6.38. The Morgan fingerprint density at radius 2 is 1.93 bits per heavy atom. The molecule has 0 saturated heterocycles. The maximum atomic E-state index is 6.06. The predicted molar refractivity (Wildman–Crippen MR) is 59.4 cm³/mol. The molecule has 1 aliphatic rings. The number of hydrogen-bond donors (Lipinski definition) is 1. The first kappa shape index (κ1) is 12.0. The molecule has 1 aliphatic carbocycles. The van der Waals surface area contributed by atoms with Crippen molar-refractivity contribution in [3.05, 3.63) is 0 Å². The topological polar surface area (TPSA) is 38.5 Å². The van der Waals surface area contributed by atoms with Crippen molar-refractivity contribution in [1.29, 1.82) is 0 Å². The number of nitrogens with two attached hydrogens (primary N) is 1. The molecule has 0 aliphatic heterocycles. The molecule has 2 unspecified atom stereocenters. The van der Waals surface area contributed by atoms with Crippen molar-refractivity contribution in [1.82, 2.24) is 4.90 Å². The molecule has 1 fully saturated rings. The van der Waals surface area contributed by atoms with Crippen LogP contribution in [0, 0.1) is 0 Å². The van der Waals surface area contributed by atoms with Gasteiger partial charge in [0.05, 0.1) is 12.7 Å². The third kappa shape index (κ3) is 4.40. The quantitative estimate of drug-likeness (QED) is 0.694. The van der Waals surface area contributed by atoms with Gasteiger partial charge in [-0.15, -0.1) is 0 Å². The summed E-state index contributed by atoms with van der Waals surface area (Å²) < 4.78 is 5.82. The van der Waals surface area contributed by atoms with Crippen LogP contribution in [0.15, 0.2) is 0 Å². The molecule has 2 N–H and O–H groups in total. The molecular weight excluding hydrogens is 176 g/mol. The van der Waals surface area contributed by atoms with E-state index in [0.29, 0.717) is 6.10 Å². The minimum absolute atomic E-state index is 0.264. The van der Waals surface area contributed by atoms with E-state index < -0.39 is 0 Å². The average molecular weight is 200 g/mol. The van der Waals surface area contributed by atoms with Crippen LogP contribution in [0.1, 0.15) is 32.1 Å². The molecule has 0 spiro atoms. The van der Waals surface area contributed by atoms with E-state index in [9.17, 15) is 0 Å². The van der Waals surface area contributed by atoms with Crippen LogP contribution in [0.3, 0.4) is 0 Å². The van der Waals surface area contributed by atoms with Gasteiger partial charge in [-0.25, -0.2) is 0 Å². The fourth-order valence-corrected chi connectivity index (χ4v) is 1.90. The lowest BCUT2D eigenvalue weighted by molar-refractivity contribution is 0.0240. The van der Waals surface area contributed by atoms with Gasteiger partial charge in [0.25, 0.3) is 0 Å². The van der Waals surface area contributed by atoms with Crippen molar-refractivity contribution in [2.24, 2.45) is 5.73 Å². The van der Waals surface area contributed by atoms with Crippen LogP contribution in [0.2, 0.25) is 0 Å². The van der Waals surface area contributed by atoms with Crippen LogP contribution < -0.4 is 5.73 Å². The number of hydrogen-bond acceptors (Lipinski definition) is 3. The standard InChI is InChI=1S/C11H24N2O/c1-13(2)8-9-14-11-7-5-3-4-6-10(11)12/h10-11H,3-9,12H2,1-2H3. The molecule has 2 atom stereocenters. The minimum Gasteiger partial charge on any atom is -0.375 e. The molecule has 0 aromatic carbocycles. The summed E-state index contributed by atoms with van der Waals surface area (Å²) in [5.41, 5.74) is 6.06. The summed E-state index contributed by atoms with van der Waals surface area (Å²) in [6.07, 6.45) is 6.45.